The molecule has 0 bridgehead atoms. The Morgan fingerprint density at radius 1 is 1.89 bits per heavy atom. The van der Waals surface area contributed by atoms with E-state index in [1.807, 2.05) is 0 Å². The van der Waals surface area contributed by atoms with E-state index in [-0.39, 0.29) is 4.92 Å². The van der Waals surface area contributed by atoms with Crippen molar-refractivity contribution in [2.75, 3.05) is 7.05 Å². The van der Waals surface area contributed by atoms with E-state index in [0.717, 1.165) is 0 Å². The zero-order chi connectivity index (χ0) is 6.85. The van der Waals surface area contributed by atoms with Gasteiger partial charge in [-0.2, -0.15) is 5.43 Å². The molecule has 1 aliphatic rings. The molecular weight excluding hydrogens is 122 g/mol. The Hall–Kier alpha value is -1.10. The molecule has 0 saturated carbocycles. The summed E-state index contributed by atoms with van der Waals surface area (Å²) >= 11 is 0. The molecule has 1 heterocycles. The maximum absolute atomic E-state index is 10.0. The van der Waals surface area contributed by atoms with Crippen LogP contribution in [0.3, 0.4) is 0 Å². The van der Waals surface area contributed by atoms with Crippen molar-refractivity contribution < 1.29 is 4.92 Å². The molecule has 0 amide bonds. The molecule has 0 spiro atoms. The highest BCUT2D eigenvalue weighted by Crippen LogP contribution is 1.97. The predicted molar refractivity (Wildman–Crippen MR) is 30.8 cm³/mol. The lowest BCUT2D eigenvalue weighted by Gasteiger charge is -2.07. The molecule has 0 aliphatic carbocycles. The standard InChI is InChI=1S/C4H7N3O2/c1-6-3-2-4(5-6)7(8)9/h2-5H,1H3. The monoisotopic (exact) mass is 129 g/mol. The van der Waals surface area contributed by atoms with Gasteiger partial charge in [0.2, 0.25) is 0 Å². The summed E-state index contributed by atoms with van der Waals surface area (Å²) in [6.45, 7) is 0. The third-order valence-corrected chi connectivity index (χ3v) is 1.05. The van der Waals surface area contributed by atoms with Crippen molar-refractivity contribution in [1.82, 2.24) is 10.4 Å². The second-order valence-electron chi connectivity index (χ2n) is 1.81. The van der Waals surface area contributed by atoms with Crippen molar-refractivity contribution in [3.8, 4) is 0 Å². The molecule has 9 heavy (non-hydrogen) atoms. The molecule has 1 unspecified atom stereocenters. The number of rotatable bonds is 1. The lowest BCUT2D eigenvalue weighted by atomic mass is 10.5. The van der Waals surface area contributed by atoms with E-state index in [1.165, 1.54) is 6.08 Å². The van der Waals surface area contributed by atoms with Gasteiger partial charge >= 0.3 is 6.17 Å². The molecule has 0 radical (unpaired) electrons. The Morgan fingerprint density at radius 3 is 2.78 bits per heavy atom. The van der Waals surface area contributed by atoms with E-state index < -0.39 is 6.17 Å². The van der Waals surface area contributed by atoms with Crippen molar-refractivity contribution in [2.45, 2.75) is 6.17 Å². The molecular formula is C4H7N3O2. The number of nitrogens with zero attached hydrogens (tertiary/aromatic N) is 2. The molecule has 0 aromatic carbocycles. The van der Waals surface area contributed by atoms with E-state index in [9.17, 15) is 10.1 Å². The minimum atomic E-state index is -0.741. The van der Waals surface area contributed by atoms with Crippen LogP contribution >= 0.6 is 0 Å². The first-order chi connectivity index (χ1) is 4.20. The van der Waals surface area contributed by atoms with Crippen molar-refractivity contribution in [1.29, 1.82) is 0 Å². The van der Waals surface area contributed by atoms with Crippen LogP contribution in [0.1, 0.15) is 0 Å². The van der Waals surface area contributed by atoms with Crippen LogP contribution in [0.5, 0.6) is 0 Å². The van der Waals surface area contributed by atoms with E-state index in [2.05, 4.69) is 5.43 Å². The van der Waals surface area contributed by atoms with Gasteiger partial charge in [-0.15, -0.1) is 0 Å². The molecule has 0 saturated heterocycles. The largest absolute Gasteiger partial charge is 0.313 e. The molecule has 1 N–H and O–H groups in total. The van der Waals surface area contributed by atoms with Crippen LogP contribution in [0.15, 0.2) is 12.3 Å². The van der Waals surface area contributed by atoms with Gasteiger partial charge < -0.3 is 5.01 Å². The summed E-state index contributed by atoms with van der Waals surface area (Å²) in [7, 11) is 1.71. The summed E-state index contributed by atoms with van der Waals surface area (Å²) < 4.78 is 0. The van der Waals surface area contributed by atoms with Crippen molar-refractivity contribution in [3.63, 3.8) is 0 Å². The number of nitro groups is 1. The van der Waals surface area contributed by atoms with Crippen LogP contribution in [0, 0.1) is 10.1 Å². The molecule has 0 fully saturated rings. The second kappa shape index (κ2) is 2.02. The minimum absolute atomic E-state index is 0.389. The second-order valence-corrected chi connectivity index (χ2v) is 1.81. The van der Waals surface area contributed by atoms with E-state index >= 15 is 0 Å². The number of hydrazine groups is 1. The van der Waals surface area contributed by atoms with E-state index in [1.54, 1.807) is 18.3 Å². The zero-order valence-corrected chi connectivity index (χ0v) is 4.94. The van der Waals surface area contributed by atoms with Gasteiger partial charge in [-0.25, -0.2) is 0 Å². The van der Waals surface area contributed by atoms with Crippen molar-refractivity contribution in [2.24, 2.45) is 0 Å². The Labute approximate surface area is 52.1 Å². The Balaban J connectivity index is 2.50. The fraction of sp³-hybridized carbons (Fsp3) is 0.500. The fourth-order valence-corrected chi connectivity index (χ4v) is 0.623. The van der Waals surface area contributed by atoms with Gasteiger partial charge in [0.25, 0.3) is 0 Å². The molecule has 0 aromatic heterocycles. The molecule has 5 nitrogen and oxygen atoms in total. The van der Waals surface area contributed by atoms with Gasteiger partial charge in [-0.1, -0.05) is 0 Å². The van der Waals surface area contributed by atoms with Crippen LogP contribution in [-0.2, 0) is 0 Å². The summed E-state index contributed by atoms with van der Waals surface area (Å²) in [6.07, 6.45) is 2.36. The van der Waals surface area contributed by atoms with Crippen LogP contribution in [0.4, 0.5) is 0 Å². The van der Waals surface area contributed by atoms with Crippen LogP contribution in [0.25, 0.3) is 0 Å². The Kier molecular flexibility index (Phi) is 1.35. The van der Waals surface area contributed by atoms with E-state index in [4.69, 9.17) is 0 Å². The molecule has 1 atom stereocenters. The molecule has 50 valence electrons. The van der Waals surface area contributed by atoms with E-state index in [0.29, 0.717) is 0 Å². The van der Waals surface area contributed by atoms with Gasteiger partial charge in [0.05, 0.1) is 0 Å². The van der Waals surface area contributed by atoms with Crippen LogP contribution in [-0.4, -0.2) is 23.1 Å². The maximum atomic E-state index is 10.0. The highest BCUT2D eigenvalue weighted by molar-refractivity contribution is 4.91. The summed E-state index contributed by atoms with van der Waals surface area (Å²) in [5, 5.41) is 11.6. The summed E-state index contributed by atoms with van der Waals surface area (Å²) in [6, 6.07) is 0. The number of nitrogens with one attached hydrogen (secondary N) is 1. The average molecular weight is 129 g/mol. The average Bonchev–Trinajstić information content (AvgIpc) is 2.14. The van der Waals surface area contributed by atoms with Crippen LogP contribution < -0.4 is 5.43 Å². The normalized spacial score (nSPS) is 25.0. The highest BCUT2D eigenvalue weighted by Gasteiger charge is 2.20. The SMILES string of the molecule is CN1C=CC([N+](=O)[O-])N1. The lowest BCUT2D eigenvalue weighted by molar-refractivity contribution is -0.518. The smallest absolute Gasteiger partial charge is 0.302 e. The van der Waals surface area contributed by atoms with Gasteiger partial charge in [-0.3, -0.25) is 10.1 Å². The molecule has 5 heteroatoms. The first-order valence-corrected chi connectivity index (χ1v) is 2.51. The molecule has 0 aromatic rings. The number of hydrogen-bond donors (Lipinski definition) is 1. The van der Waals surface area contributed by atoms with Gasteiger partial charge in [0.1, 0.15) is 0 Å². The minimum Gasteiger partial charge on any atom is -0.313 e. The van der Waals surface area contributed by atoms with Crippen molar-refractivity contribution in [3.05, 3.63) is 22.4 Å². The first-order valence-electron chi connectivity index (χ1n) is 2.51. The van der Waals surface area contributed by atoms with Crippen molar-refractivity contribution >= 4 is 0 Å². The third-order valence-electron chi connectivity index (χ3n) is 1.05. The molecule has 1 aliphatic heterocycles. The Morgan fingerprint density at radius 2 is 2.56 bits per heavy atom. The predicted octanol–water partition coefficient (Wildman–Crippen LogP) is -0.447. The molecule has 1 rings (SSSR count). The third kappa shape index (κ3) is 1.17. The lowest BCUT2D eigenvalue weighted by Crippen LogP contribution is -2.37. The topological polar surface area (TPSA) is 58.4 Å². The summed E-state index contributed by atoms with van der Waals surface area (Å²) in [5.74, 6) is 0. The summed E-state index contributed by atoms with van der Waals surface area (Å²) in [5.41, 5.74) is 2.58. The quantitative estimate of drug-likeness (QED) is 0.385. The zero-order valence-electron chi connectivity index (χ0n) is 4.94. The van der Waals surface area contributed by atoms with Gasteiger partial charge in [-0.05, 0) is 0 Å². The van der Waals surface area contributed by atoms with Gasteiger partial charge in [0.15, 0.2) is 0 Å². The number of hydrogen-bond acceptors (Lipinski definition) is 4. The van der Waals surface area contributed by atoms with Gasteiger partial charge in [0, 0.05) is 24.2 Å². The summed E-state index contributed by atoms with van der Waals surface area (Å²) in [4.78, 5) is 9.62. The maximum Gasteiger partial charge on any atom is 0.302 e. The fourth-order valence-electron chi connectivity index (χ4n) is 0.623. The van der Waals surface area contributed by atoms with Crippen LogP contribution in [0.2, 0.25) is 0 Å². The Bertz CT molecular complexity index is 156. The first kappa shape index (κ1) is 6.03. The highest BCUT2D eigenvalue weighted by atomic mass is 16.6.